The molecule has 0 saturated heterocycles. The minimum atomic E-state index is -1.32. The van der Waals surface area contributed by atoms with Crippen molar-refractivity contribution in [1.82, 2.24) is 4.98 Å². The Kier molecular flexibility index (Phi) is 5.12. The van der Waals surface area contributed by atoms with Gasteiger partial charge in [0, 0.05) is 33.1 Å². The van der Waals surface area contributed by atoms with Crippen LogP contribution in [0.5, 0.6) is 0 Å². The van der Waals surface area contributed by atoms with Gasteiger partial charge in [0.15, 0.2) is 0 Å². The number of fused-ring (bicyclic) bond motifs is 1. The van der Waals surface area contributed by atoms with Crippen LogP contribution in [0.15, 0.2) is 42.5 Å². The van der Waals surface area contributed by atoms with E-state index in [1.54, 1.807) is 18.2 Å². The number of amides is 1. The maximum atomic E-state index is 12.0. The Morgan fingerprint density at radius 2 is 2.00 bits per heavy atom. The Bertz CT molecular complexity index is 911. The Labute approximate surface area is 150 Å². The quantitative estimate of drug-likeness (QED) is 0.657. The van der Waals surface area contributed by atoms with Gasteiger partial charge in [-0.15, -0.1) is 0 Å². The zero-order chi connectivity index (χ0) is 17.3. The highest BCUT2D eigenvalue weighted by Crippen LogP contribution is 2.41. The first-order valence-corrected chi connectivity index (χ1v) is 9.33. The molecule has 24 heavy (non-hydrogen) atoms. The van der Waals surface area contributed by atoms with Crippen molar-refractivity contribution in [1.29, 1.82) is 0 Å². The SMILES string of the molecule is CCOP(c1ccccc1Cl)c1c(C(N)=O)[nH]c2ccc(Cl)cc12. The molecule has 124 valence electrons. The van der Waals surface area contributed by atoms with Gasteiger partial charge in [-0.1, -0.05) is 41.4 Å². The lowest BCUT2D eigenvalue weighted by Crippen LogP contribution is -2.24. The van der Waals surface area contributed by atoms with E-state index >= 15 is 0 Å². The third-order valence-electron chi connectivity index (χ3n) is 3.51. The second-order valence-electron chi connectivity index (χ2n) is 5.07. The van der Waals surface area contributed by atoms with Crippen molar-refractivity contribution in [2.45, 2.75) is 6.92 Å². The van der Waals surface area contributed by atoms with Crippen LogP contribution in [0, 0.1) is 0 Å². The van der Waals surface area contributed by atoms with E-state index in [0.29, 0.717) is 27.7 Å². The third kappa shape index (κ3) is 3.15. The predicted octanol–water partition coefficient (Wildman–Crippen LogP) is 3.96. The molecule has 4 nitrogen and oxygen atoms in total. The summed E-state index contributed by atoms with van der Waals surface area (Å²) in [5.41, 5.74) is 6.69. The van der Waals surface area contributed by atoms with Gasteiger partial charge in [0.25, 0.3) is 5.91 Å². The second kappa shape index (κ2) is 7.12. The molecule has 0 saturated carbocycles. The van der Waals surface area contributed by atoms with E-state index in [-0.39, 0.29) is 0 Å². The first kappa shape index (κ1) is 17.2. The molecule has 3 aromatic rings. The van der Waals surface area contributed by atoms with E-state index in [9.17, 15) is 4.79 Å². The van der Waals surface area contributed by atoms with E-state index < -0.39 is 14.1 Å². The normalized spacial score (nSPS) is 12.5. The first-order valence-electron chi connectivity index (χ1n) is 7.31. The number of benzene rings is 2. The molecule has 0 fully saturated rings. The molecule has 0 aliphatic heterocycles. The Balaban J connectivity index is 2.31. The molecule has 1 unspecified atom stereocenters. The van der Waals surface area contributed by atoms with Gasteiger partial charge < -0.3 is 15.2 Å². The highest BCUT2D eigenvalue weighted by atomic mass is 35.5. The number of carbonyl (C=O) groups excluding carboxylic acids is 1. The standard InChI is InChI=1S/C17H15Cl2N2O2P/c1-2-23-24(14-6-4-3-5-12(14)19)16-11-9-10(18)7-8-13(11)21-15(16)17(20)22/h3-9,21H,2H2,1H3,(H2,20,22). The lowest BCUT2D eigenvalue weighted by Gasteiger charge is -2.19. The first-order chi connectivity index (χ1) is 11.5. The molecule has 2 aromatic carbocycles. The number of primary amides is 1. The van der Waals surface area contributed by atoms with Crippen molar-refractivity contribution in [2.24, 2.45) is 5.73 Å². The maximum Gasteiger partial charge on any atom is 0.265 e. The topological polar surface area (TPSA) is 68.1 Å². The molecule has 1 aromatic heterocycles. The molecule has 3 N–H and O–H groups in total. The average molecular weight is 381 g/mol. The monoisotopic (exact) mass is 380 g/mol. The summed E-state index contributed by atoms with van der Waals surface area (Å²) >= 11 is 12.5. The highest BCUT2D eigenvalue weighted by molar-refractivity contribution is 7.69. The van der Waals surface area contributed by atoms with E-state index in [1.165, 1.54) is 0 Å². The van der Waals surface area contributed by atoms with Crippen molar-refractivity contribution < 1.29 is 9.32 Å². The summed E-state index contributed by atoms with van der Waals surface area (Å²) in [7, 11) is -1.32. The molecule has 0 radical (unpaired) electrons. The van der Waals surface area contributed by atoms with Crippen LogP contribution >= 0.6 is 31.4 Å². The van der Waals surface area contributed by atoms with E-state index in [1.807, 2.05) is 31.2 Å². The van der Waals surface area contributed by atoms with Gasteiger partial charge in [0.2, 0.25) is 0 Å². The zero-order valence-corrected chi connectivity index (χ0v) is 15.3. The number of nitrogens with one attached hydrogen (secondary N) is 1. The Morgan fingerprint density at radius 1 is 1.25 bits per heavy atom. The third-order valence-corrected chi connectivity index (χ3v) is 6.42. The summed E-state index contributed by atoms with van der Waals surface area (Å²) in [5, 5.41) is 3.52. The van der Waals surface area contributed by atoms with Crippen LogP contribution in [0.2, 0.25) is 10.0 Å². The number of halogens is 2. The van der Waals surface area contributed by atoms with Gasteiger partial charge in [-0.2, -0.15) is 0 Å². The van der Waals surface area contributed by atoms with Crippen molar-refractivity contribution in [2.75, 3.05) is 6.61 Å². The summed E-state index contributed by atoms with van der Waals surface area (Å²) in [5.74, 6) is -0.545. The fourth-order valence-electron chi connectivity index (χ4n) is 2.54. The molecule has 7 heteroatoms. The summed E-state index contributed by atoms with van der Waals surface area (Å²) in [6, 6.07) is 12.8. The van der Waals surface area contributed by atoms with Crippen LogP contribution in [0.1, 0.15) is 17.4 Å². The Morgan fingerprint density at radius 3 is 2.67 bits per heavy atom. The van der Waals surface area contributed by atoms with E-state index in [4.69, 9.17) is 33.5 Å². The molecule has 0 aliphatic rings. The van der Waals surface area contributed by atoms with Gasteiger partial charge >= 0.3 is 0 Å². The number of hydrogen-bond acceptors (Lipinski definition) is 2. The molecule has 1 atom stereocenters. The van der Waals surface area contributed by atoms with Crippen molar-refractivity contribution in [3.63, 3.8) is 0 Å². The van der Waals surface area contributed by atoms with E-state index in [0.717, 1.165) is 16.2 Å². The van der Waals surface area contributed by atoms with Crippen molar-refractivity contribution in [3.8, 4) is 0 Å². The fourth-order valence-corrected chi connectivity index (χ4v) is 5.11. The minimum Gasteiger partial charge on any atom is -0.364 e. The summed E-state index contributed by atoms with van der Waals surface area (Å²) < 4.78 is 6.00. The van der Waals surface area contributed by atoms with Crippen LogP contribution in [0.3, 0.4) is 0 Å². The summed E-state index contributed by atoms with van der Waals surface area (Å²) in [6.07, 6.45) is 0. The van der Waals surface area contributed by atoms with Crippen LogP contribution in [-0.4, -0.2) is 17.5 Å². The van der Waals surface area contributed by atoms with Gasteiger partial charge in [-0.25, -0.2) is 0 Å². The molecule has 0 aliphatic carbocycles. The molecule has 1 amide bonds. The molecule has 0 bridgehead atoms. The smallest absolute Gasteiger partial charge is 0.265 e. The van der Waals surface area contributed by atoms with Crippen LogP contribution in [0.4, 0.5) is 0 Å². The number of carbonyl (C=O) groups is 1. The second-order valence-corrected chi connectivity index (χ2v) is 7.69. The van der Waals surface area contributed by atoms with Gasteiger partial charge in [0.05, 0.1) is 13.2 Å². The minimum absolute atomic E-state index is 0.326. The lowest BCUT2D eigenvalue weighted by molar-refractivity contribution is 0.0997. The zero-order valence-electron chi connectivity index (χ0n) is 12.8. The average Bonchev–Trinajstić information content (AvgIpc) is 2.92. The van der Waals surface area contributed by atoms with Crippen LogP contribution < -0.4 is 16.3 Å². The predicted molar refractivity (Wildman–Crippen MR) is 101 cm³/mol. The molecular formula is C17H15Cl2N2O2P. The van der Waals surface area contributed by atoms with Crippen molar-refractivity contribution >= 4 is 58.8 Å². The molecule has 3 rings (SSSR count). The largest absolute Gasteiger partial charge is 0.364 e. The van der Waals surface area contributed by atoms with Crippen molar-refractivity contribution in [3.05, 3.63) is 58.2 Å². The number of rotatable bonds is 5. The fraction of sp³-hybridized carbons (Fsp3) is 0.118. The Hall–Kier alpha value is -1.58. The summed E-state index contributed by atoms with van der Waals surface area (Å²) in [6.45, 7) is 2.38. The molecule has 0 spiro atoms. The number of hydrogen-bond donors (Lipinski definition) is 2. The molecular weight excluding hydrogens is 366 g/mol. The highest BCUT2D eigenvalue weighted by Gasteiger charge is 2.27. The van der Waals surface area contributed by atoms with Gasteiger partial charge in [-0.3, -0.25) is 4.79 Å². The van der Waals surface area contributed by atoms with Gasteiger partial charge in [-0.05, 0) is 31.2 Å². The lowest BCUT2D eigenvalue weighted by atomic mass is 10.2. The van der Waals surface area contributed by atoms with Crippen LogP contribution in [-0.2, 0) is 4.52 Å². The molecule has 1 heterocycles. The van der Waals surface area contributed by atoms with Crippen LogP contribution in [0.25, 0.3) is 10.9 Å². The number of nitrogens with two attached hydrogens (primary N) is 1. The number of aromatic nitrogens is 1. The maximum absolute atomic E-state index is 12.0. The number of aromatic amines is 1. The van der Waals surface area contributed by atoms with Gasteiger partial charge in [0.1, 0.15) is 5.69 Å². The number of H-pyrrole nitrogens is 1. The summed E-state index contributed by atoms with van der Waals surface area (Å²) in [4.78, 5) is 15.1. The van der Waals surface area contributed by atoms with E-state index in [2.05, 4.69) is 4.98 Å².